The number of imide groups is 2. The van der Waals surface area contributed by atoms with Gasteiger partial charge >= 0.3 is 24.3 Å². The highest BCUT2D eigenvalue weighted by Crippen LogP contribution is 2.57. The Bertz CT molecular complexity index is 3090. The number of carbonyl (C=O) groups excluding carboxylic acids is 6. The Labute approximate surface area is 377 Å². The zero-order valence-electron chi connectivity index (χ0n) is 34.9. The van der Waals surface area contributed by atoms with Crippen LogP contribution in [0.25, 0.3) is 23.3 Å². The highest BCUT2D eigenvalue weighted by molar-refractivity contribution is 6.35. The van der Waals surface area contributed by atoms with Crippen molar-refractivity contribution in [3.05, 3.63) is 196 Å². The Morgan fingerprint density at radius 1 is 0.507 bits per heavy atom. The molecule has 67 heavy (non-hydrogen) atoms. The molecule has 2 aliphatic rings. The summed E-state index contributed by atoms with van der Waals surface area (Å²) in [5.41, 5.74) is -8.15. The van der Waals surface area contributed by atoms with Gasteiger partial charge in [-0.15, -0.1) is 0 Å². The fraction of sp³-hybridized carbons (Fsp3) is 0.0980. The number of fused-ring (bicyclic) bond motifs is 2. The van der Waals surface area contributed by atoms with Crippen LogP contribution in [0.2, 0.25) is 0 Å². The van der Waals surface area contributed by atoms with Crippen molar-refractivity contribution in [2.75, 3.05) is 11.9 Å². The number of alkyl halides is 6. The normalized spacial score (nSPS) is 14.0. The van der Waals surface area contributed by atoms with Gasteiger partial charge in [0.25, 0.3) is 23.6 Å². The first-order valence-corrected chi connectivity index (χ1v) is 20.1. The van der Waals surface area contributed by atoms with Crippen LogP contribution in [-0.2, 0) is 15.0 Å². The van der Waals surface area contributed by atoms with Crippen LogP contribution in [0.15, 0.2) is 146 Å². The lowest BCUT2D eigenvalue weighted by Gasteiger charge is -2.38. The van der Waals surface area contributed by atoms with Crippen LogP contribution in [0.3, 0.4) is 0 Å². The molecule has 0 aliphatic carbocycles. The van der Waals surface area contributed by atoms with E-state index >= 15 is 26.3 Å². The highest BCUT2D eigenvalue weighted by atomic mass is 19.4. The minimum atomic E-state index is -6.17. The molecule has 0 radical (unpaired) electrons. The molecule has 0 saturated heterocycles. The number of nitrogens with zero attached hydrogens (tertiary/aromatic N) is 2. The van der Waals surface area contributed by atoms with E-state index in [2.05, 4.69) is 0 Å². The SMILES string of the molecule is Cc1ccc(-c2ccc(N3C(=O)c4ccc(C(c5ccc6c(c5)C(=O)N(C)C6=O)(C(F)(F)F)C(F)(F)F)cc4C3=O)c(OC(=O)C=Cc3ccccc3)c2)cc1OC(=O)C=Cc1ccccc1. The molecule has 2 heterocycles. The van der Waals surface area contributed by atoms with Crippen LogP contribution in [0, 0.1) is 6.92 Å². The number of hydrogen-bond acceptors (Lipinski definition) is 8. The summed E-state index contributed by atoms with van der Waals surface area (Å²) in [5, 5.41) is 0. The summed E-state index contributed by atoms with van der Waals surface area (Å²) in [5.74, 6) is -6.52. The van der Waals surface area contributed by atoms with E-state index < -0.39 is 98.2 Å². The monoisotopic (exact) mass is 914 g/mol. The molecule has 0 saturated carbocycles. The van der Waals surface area contributed by atoms with Gasteiger partial charge in [0, 0.05) is 19.2 Å². The summed E-state index contributed by atoms with van der Waals surface area (Å²) in [6.07, 6.45) is -7.06. The third-order valence-electron chi connectivity index (χ3n) is 11.3. The molecule has 0 bridgehead atoms. The van der Waals surface area contributed by atoms with Gasteiger partial charge in [-0.3, -0.25) is 24.1 Å². The first-order valence-electron chi connectivity index (χ1n) is 20.1. The van der Waals surface area contributed by atoms with E-state index in [9.17, 15) is 28.8 Å². The Balaban J connectivity index is 1.19. The molecule has 0 aromatic heterocycles. The molecule has 6 aromatic rings. The Morgan fingerprint density at radius 2 is 0.940 bits per heavy atom. The fourth-order valence-electron chi connectivity index (χ4n) is 7.86. The minimum absolute atomic E-state index is 0.158. The van der Waals surface area contributed by atoms with Crippen LogP contribution in [0.5, 0.6) is 11.5 Å². The maximum atomic E-state index is 15.3. The van der Waals surface area contributed by atoms with E-state index in [1.165, 1.54) is 36.4 Å². The summed E-state index contributed by atoms with van der Waals surface area (Å²) in [6.45, 7) is 1.69. The molecule has 16 heteroatoms. The standard InChI is InChI=1S/C51H32F6N2O8/c1-29-13-16-32(25-41(29)66-43(60)23-14-30-9-5-3-6-10-30)33-17-22-40(42(26-33)67-44(61)24-15-31-11-7-4-8-12-31)59-47(64)37-21-19-35(28-39(37)48(59)65)49(50(52,53)54,51(55,56)57)34-18-20-36-38(27-34)46(63)58(2)45(36)62/h3-28H,1-2H3. The molecular weight excluding hydrogens is 883 g/mol. The maximum absolute atomic E-state index is 15.3. The van der Waals surface area contributed by atoms with Crippen LogP contribution in [0.4, 0.5) is 32.0 Å². The van der Waals surface area contributed by atoms with Gasteiger partial charge in [0.15, 0.2) is 5.75 Å². The van der Waals surface area contributed by atoms with Crippen molar-refractivity contribution in [3.8, 4) is 22.6 Å². The van der Waals surface area contributed by atoms with Crippen LogP contribution >= 0.6 is 0 Å². The first kappa shape index (κ1) is 45.2. The number of rotatable bonds is 10. The van der Waals surface area contributed by atoms with E-state index in [1.807, 2.05) is 6.07 Å². The quantitative estimate of drug-likeness (QED) is 0.0437. The molecule has 10 nitrogen and oxygen atoms in total. The molecule has 8 rings (SSSR count). The van der Waals surface area contributed by atoms with Gasteiger partial charge in [-0.25, -0.2) is 14.5 Å². The number of ether oxygens (including phenoxy) is 2. The van der Waals surface area contributed by atoms with Crippen molar-refractivity contribution >= 4 is 53.4 Å². The van der Waals surface area contributed by atoms with Crippen LogP contribution in [-0.4, -0.2) is 59.9 Å². The van der Waals surface area contributed by atoms with Gasteiger partial charge in [0.1, 0.15) is 5.75 Å². The lowest BCUT2D eigenvalue weighted by Crippen LogP contribution is -2.55. The van der Waals surface area contributed by atoms with E-state index in [0.717, 1.165) is 18.7 Å². The Morgan fingerprint density at radius 3 is 1.46 bits per heavy atom. The molecule has 0 fully saturated rings. The van der Waals surface area contributed by atoms with Crippen molar-refractivity contribution in [3.63, 3.8) is 0 Å². The number of esters is 2. The summed E-state index contributed by atoms with van der Waals surface area (Å²) in [7, 11) is 1.02. The lowest BCUT2D eigenvalue weighted by atomic mass is 9.71. The Hall–Kier alpha value is -8.40. The summed E-state index contributed by atoms with van der Waals surface area (Å²) >= 11 is 0. The van der Waals surface area contributed by atoms with Crippen molar-refractivity contribution < 1.29 is 64.6 Å². The molecule has 0 spiro atoms. The van der Waals surface area contributed by atoms with Gasteiger partial charge in [-0.05, 0) is 100 Å². The predicted molar refractivity (Wildman–Crippen MR) is 232 cm³/mol. The third kappa shape index (κ3) is 8.17. The second kappa shape index (κ2) is 17.2. The van der Waals surface area contributed by atoms with Crippen molar-refractivity contribution in [2.24, 2.45) is 0 Å². The number of amides is 4. The van der Waals surface area contributed by atoms with Gasteiger partial charge in [-0.2, -0.15) is 26.3 Å². The van der Waals surface area contributed by atoms with Crippen molar-refractivity contribution in [1.29, 1.82) is 0 Å². The van der Waals surface area contributed by atoms with Gasteiger partial charge in [0.2, 0.25) is 5.41 Å². The third-order valence-corrected chi connectivity index (χ3v) is 11.3. The number of anilines is 1. The summed E-state index contributed by atoms with van der Waals surface area (Å²) < 4.78 is 103. The van der Waals surface area contributed by atoms with Crippen LogP contribution in [0.1, 0.15) is 69.2 Å². The summed E-state index contributed by atoms with van der Waals surface area (Å²) in [6, 6.07) is 29.1. The number of carbonyl (C=O) groups is 6. The molecule has 0 unspecified atom stereocenters. The van der Waals surface area contributed by atoms with E-state index in [0.29, 0.717) is 68.5 Å². The van der Waals surface area contributed by atoms with Gasteiger partial charge < -0.3 is 9.47 Å². The predicted octanol–water partition coefficient (Wildman–Crippen LogP) is 10.3. The number of aryl methyl sites for hydroxylation is 1. The first-order chi connectivity index (χ1) is 31.8. The maximum Gasteiger partial charge on any atom is 0.411 e. The molecule has 336 valence electrons. The molecule has 2 aliphatic heterocycles. The second-order valence-corrected chi connectivity index (χ2v) is 15.4. The second-order valence-electron chi connectivity index (χ2n) is 15.4. The molecule has 0 atom stereocenters. The minimum Gasteiger partial charge on any atom is -0.423 e. The largest absolute Gasteiger partial charge is 0.423 e. The van der Waals surface area contributed by atoms with Gasteiger partial charge in [0.05, 0.1) is 27.9 Å². The highest BCUT2D eigenvalue weighted by Gasteiger charge is 2.73. The average Bonchev–Trinajstić information content (AvgIpc) is 3.67. The van der Waals surface area contributed by atoms with E-state index in [-0.39, 0.29) is 5.75 Å². The average molecular weight is 915 g/mol. The van der Waals surface area contributed by atoms with Crippen LogP contribution < -0.4 is 14.4 Å². The number of hydrogen-bond donors (Lipinski definition) is 0. The smallest absolute Gasteiger partial charge is 0.411 e. The van der Waals surface area contributed by atoms with Crippen molar-refractivity contribution in [2.45, 2.75) is 24.7 Å². The lowest BCUT2D eigenvalue weighted by molar-refractivity contribution is -0.288. The van der Waals surface area contributed by atoms with Crippen molar-refractivity contribution in [1.82, 2.24) is 4.90 Å². The Kier molecular flexibility index (Phi) is 11.6. The van der Waals surface area contributed by atoms with E-state index in [4.69, 9.17) is 9.47 Å². The molecule has 0 N–H and O–H groups in total. The summed E-state index contributed by atoms with van der Waals surface area (Å²) in [4.78, 5) is 80.8. The molecule has 4 amide bonds. The number of benzene rings is 6. The zero-order valence-corrected chi connectivity index (χ0v) is 34.9. The number of halogens is 6. The molecule has 6 aromatic carbocycles. The molecular formula is C51H32F6N2O8. The van der Waals surface area contributed by atoms with Gasteiger partial charge in [-0.1, -0.05) is 91.0 Å². The zero-order chi connectivity index (χ0) is 48.0. The topological polar surface area (TPSA) is 127 Å². The fourth-order valence-corrected chi connectivity index (χ4v) is 7.86. The van der Waals surface area contributed by atoms with E-state index in [1.54, 1.807) is 79.7 Å².